The normalized spacial score (nSPS) is 20.8. The Balaban J connectivity index is 2.22. The Morgan fingerprint density at radius 2 is 2.08 bits per heavy atom. The van der Waals surface area contributed by atoms with Gasteiger partial charge >= 0.3 is 0 Å². The van der Waals surface area contributed by atoms with Crippen molar-refractivity contribution in [1.29, 1.82) is 0 Å². The molecule has 0 bridgehead atoms. The molecule has 2 rings (SSSR count). The minimum atomic E-state index is 0.641. The van der Waals surface area contributed by atoms with Gasteiger partial charge in [0.1, 0.15) is 0 Å². The van der Waals surface area contributed by atoms with Crippen LogP contribution in [-0.4, -0.2) is 6.04 Å². The molecule has 1 aromatic rings. The number of rotatable bonds is 1. The van der Waals surface area contributed by atoms with Crippen LogP contribution in [0.3, 0.4) is 0 Å². The van der Waals surface area contributed by atoms with Crippen molar-refractivity contribution in [2.24, 2.45) is 5.92 Å². The molecule has 0 fully saturated rings. The Morgan fingerprint density at radius 3 is 2.75 bits per heavy atom. The largest absolute Gasteiger partial charge is 0.381 e. The molecule has 1 aliphatic rings. The highest BCUT2D eigenvalue weighted by atomic mass is 15.0. The van der Waals surface area contributed by atoms with Gasteiger partial charge < -0.3 is 5.32 Å². The summed E-state index contributed by atoms with van der Waals surface area (Å²) in [6.07, 6.45) is 1.19. The molecule has 0 amide bonds. The maximum absolute atomic E-state index is 3.53. The smallest absolute Gasteiger partial charge is 0.0375 e. The van der Waals surface area contributed by atoms with Crippen LogP contribution in [0, 0.1) is 5.92 Å². The molecule has 0 spiro atoms. The van der Waals surface area contributed by atoms with Crippen LogP contribution in [0.25, 0.3) is 0 Å². The monoisotopic (exact) mass is 161 g/mol. The zero-order valence-electron chi connectivity index (χ0n) is 7.67. The van der Waals surface area contributed by atoms with Crippen molar-refractivity contribution in [3.05, 3.63) is 29.8 Å². The zero-order chi connectivity index (χ0) is 8.55. The Labute approximate surface area is 73.8 Å². The Hall–Kier alpha value is -0.980. The number of hydrogen-bond donors (Lipinski definition) is 1. The Morgan fingerprint density at radius 1 is 1.33 bits per heavy atom. The summed E-state index contributed by atoms with van der Waals surface area (Å²) >= 11 is 0. The SMILES string of the molecule is CC(C)C1Cc2ccccc2N1. The molecule has 1 N–H and O–H groups in total. The number of benzene rings is 1. The highest BCUT2D eigenvalue weighted by molar-refractivity contribution is 5.56. The van der Waals surface area contributed by atoms with Gasteiger partial charge in [0.25, 0.3) is 0 Å². The number of fused-ring (bicyclic) bond motifs is 1. The zero-order valence-corrected chi connectivity index (χ0v) is 7.67. The standard InChI is InChI=1S/C11H15N/c1-8(2)11-7-9-5-3-4-6-10(9)12-11/h3-6,8,11-12H,7H2,1-2H3. The minimum absolute atomic E-state index is 0.641. The molecule has 1 unspecified atom stereocenters. The van der Waals surface area contributed by atoms with Gasteiger partial charge in [0.05, 0.1) is 0 Å². The molecule has 0 radical (unpaired) electrons. The lowest BCUT2D eigenvalue weighted by atomic mass is 10.0. The van der Waals surface area contributed by atoms with Gasteiger partial charge in [0, 0.05) is 11.7 Å². The molecule has 0 saturated heterocycles. The molecule has 64 valence electrons. The van der Waals surface area contributed by atoms with Crippen LogP contribution in [0.15, 0.2) is 24.3 Å². The average Bonchev–Trinajstić information content (AvgIpc) is 2.46. The van der Waals surface area contributed by atoms with Gasteiger partial charge in [0.2, 0.25) is 0 Å². The number of nitrogens with one attached hydrogen (secondary N) is 1. The van der Waals surface area contributed by atoms with Crippen LogP contribution in [0.1, 0.15) is 19.4 Å². The summed E-state index contributed by atoms with van der Waals surface area (Å²) in [7, 11) is 0. The van der Waals surface area contributed by atoms with Gasteiger partial charge in [-0.1, -0.05) is 32.0 Å². The first kappa shape index (κ1) is 7.66. The summed E-state index contributed by atoms with van der Waals surface area (Å²) in [6.45, 7) is 4.53. The summed E-state index contributed by atoms with van der Waals surface area (Å²) in [5.41, 5.74) is 2.80. The van der Waals surface area contributed by atoms with E-state index >= 15 is 0 Å². The van der Waals surface area contributed by atoms with Crippen LogP contribution < -0.4 is 5.32 Å². The van der Waals surface area contributed by atoms with Crippen LogP contribution in [0.4, 0.5) is 5.69 Å². The molecular weight excluding hydrogens is 146 g/mol. The quantitative estimate of drug-likeness (QED) is 0.667. The third kappa shape index (κ3) is 1.20. The first-order chi connectivity index (χ1) is 5.77. The van der Waals surface area contributed by atoms with Gasteiger partial charge in [-0.3, -0.25) is 0 Å². The highest BCUT2D eigenvalue weighted by Crippen LogP contribution is 2.28. The van der Waals surface area contributed by atoms with Gasteiger partial charge in [0.15, 0.2) is 0 Å². The molecular formula is C11H15N. The average molecular weight is 161 g/mol. The first-order valence-corrected chi connectivity index (χ1v) is 4.62. The van der Waals surface area contributed by atoms with Crippen molar-refractivity contribution in [2.45, 2.75) is 26.3 Å². The fourth-order valence-electron chi connectivity index (χ4n) is 1.73. The molecule has 1 nitrogen and oxygen atoms in total. The molecule has 1 atom stereocenters. The van der Waals surface area contributed by atoms with Crippen molar-refractivity contribution in [3.63, 3.8) is 0 Å². The predicted octanol–water partition coefficient (Wildman–Crippen LogP) is 2.68. The summed E-state index contributed by atoms with van der Waals surface area (Å²) in [5, 5.41) is 3.53. The minimum Gasteiger partial charge on any atom is -0.381 e. The van der Waals surface area contributed by atoms with Gasteiger partial charge in [-0.2, -0.15) is 0 Å². The maximum Gasteiger partial charge on any atom is 0.0375 e. The second-order valence-corrected chi connectivity index (χ2v) is 3.86. The third-order valence-electron chi connectivity index (χ3n) is 2.60. The summed E-state index contributed by atoms with van der Waals surface area (Å²) < 4.78 is 0. The van der Waals surface area contributed by atoms with Crippen molar-refractivity contribution < 1.29 is 0 Å². The van der Waals surface area contributed by atoms with E-state index in [0.717, 1.165) is 5.92 Å². The van der Waals surface area contributed by atoms with E-state index < -0.39 is 0 Å². The van der Waals surface area contributed by atoms with E-state index in [1.165, 1.54) is 17.7 Å². The lowest BCUT2D eigenvalue weighted by molar-refractivity contribution is 0.538. The molecule has 0 aliphatic carbocycles. The van der Waals surface area contributed by atoms with Crippen LogP contribution in [-0.2, 0) is 6.42 Å². The topological polar surface area (TPSA) is 12.0 Å². The molecule has 1 aromatic carbocycles. The van der Waals surface area contributed by atoms with E-state index in [1.807, 2.05) is 0 Å². The Kier molecular flexibility index (Phi) is 1.80. The summed E-state index contributed by atoms with van der Waals surface area (Å²) in [5.74, 6) is 0.720. The third-order valence-corrected chi connectivity index (χ3v) is 2.60. The molecule has 1 heteroatoms. The first-order valence-electron chi connectivity index (χ1n) is 4.62. The predicted molar refractivity (Wildman–Crippen MR) is 52.4 cm³/mol. The Bertz CT molecular complexity index is 253. The number of hydrogen-bond acceptors (Lipinski definition) is 1. The van der Waals surface area contributed by atoms with Crippen LogP contribution >= 0.6 is 0 Å². The lowest BCUT2D eigenvalue weighted by Gasteiger charge is -2.14. The van der Waals surface area contributed by atoms with Crippen LogP contribution in [0.2, 0.25) is 0 Å². The second-order valence-electron chi connectivity index (χ2n) is 3.86. The maximum atomic E-state index is 3.53. The van der Waals surface area contributed by atoms with Crippen LogP contribution in [0.5, 0.6) is 0 Å². The molecule has 0 aromatic heterocycles. The van der Waals surface area contributed by atoms with E-state index in [0.29, 0.717) is 6.04 Å². The van der Waals surface area contributed by atoms with E-state index in [-0.39, 0.29) is 0 Å². The lowest BCUT2D eigenvalue weighted by Crippen LogP contribution is -2.21. The van der Waals surface area contributed by atoms with Gasteiger partial charge in [-0.15, -0.1) is 0 Å². The number of para-hydroxylation sites is 1. The van der Waals surface area contributed by atoms with E-state index in [9.17, 15) is 0 Å². The molecule has 12 heavy (non-hydrogen) atoms. The summed E-state index contributed by atoms with van der Waals surface area (Å²) in [6, 6.07) is 9.22. The fourth-order valence-corrected chi connectivity index (χ4v) is 1.73. The van der Waals surface area contributed by atoms with Crippen molar-refractivity contribution in [2.75, 3.05) is 5.32 Å². The molecule has 0 saturated carbocycles. The van der Waals surface area contributed by atoms with Gasteiger partial charge in [-0.25, -0.2) is 0 Å². The molecule has 1 heterocycles. The van der Waals surface area contributed by atoms with Crippen molar-refractivity contribution >= 4 is 5.69 Å². The van der Waals surface area contributed by atoms with E-state index in [4.69, 9.17) is 0 Å². The number of anilines is 1. The van der Waals surface area contributed by atoms with Crippen molar-refractivity contribution in [3.8, 4) is 0 Å². The fraction of sp³-hybridized carbons (Fsp3) is 0.455. The van der Waals surface area contributed by atoms with E-state index in [1.54, 1.807) is 0 Å². The second kappa shape index (κ2) is 2.81. The van der Waals surface area contributed by atoms with Gasteiger partial charge in [-0.05, 0) is 24.0 Å². The van der Waals surface area contributed by atoms with Crippen molar-refractivity contribution in [1.82, 2.24) is 0 Å². The molecule has 1 aliphatic heterocycles. The van der Waals surface area contributed by atoms with E-state index in [2.05, 4.69) is 43.4 Å². The highest BCUT2D eigenvalue weighted by Gasteiger charge is 2.21. The summed E-state index contributed by atoms with van der Waals surface area (Å²) in [4.78, 5) is 0.